The van der Waals surface area contributed by atoms with Crippen LogP contribution in [0.1, 0.15) is 44.0 Å². The number of halogens is 3. The maximum atomic E-state index is 13.4. The molecule has 0 aliphatic heterocycles. The molecule has 4 heteroatoms. The minimum atomic E-state index is -0.771. The standard InChI is InChI=1S/C13H15ClF2O/c1-13(2,3)5-4-12(17)8-6-11(16)9(14)7-10(8)15/h6-7H,4-5H2,1-3H3. The number of hydrogen-bond acceptors (Lipinski definition) is 1. The molecular weight excluding hydrogens is 246 g/mol. The summed E-state index contributed by atoms with van der Waals surface area (Å²) in [5, 5.41) is -0.310. The van der Waals surface area contributed by atoms with Gasteiger partial charge in [-0.25, -0.2) is 8.78 Å². The van der Waals surface area contributed by atoms with Crippen LogP contribution < -0.4 is 0 Å². The SMILES string of the molecule is CC(C)(C)CCC(=O)c1cc(F)c(Cl)cc1F. The Bertz CT molecular complexity index is 436. The van der Waals surface area contributed by atoms with Crippen LogP contribution >= 0.6 is 11.6 Å². The van der Waals surface area contributed by atoms with Crippen molar-refractivity contribution in [1.29, 1.82) is 0 Å². The molecule has 0 aromatic heterocycles. The Morgan fingerprint density at radius 3 is 2.35 bits per heavy atom. The van der Waals surface area contributed by atoms with Gasteiger partial charge in [0.05, 0.1) is 10.6 Å². The minimum Gasteiger partial charge on any atom is -0.294 e. The Morgan fingerprint density at radius 1 is 1.24 bits per heavy atom. The number of Topliss-reactive ketones (excluding diaryl/α,β-unsaturated/α-hetero) is 1. The van der Waals surface area contributed by atoms with Gasteiger partial charge in [-0.15, -0.1) is 0 Å². The second kappa shape index (κ2) is 5.13. The van der Waals surface area contributed by atoms with E-state index >= 15 is 0 Å². The third kappa shape index (κ3) is 4.08. The lowest BCUT2D eigenvalue weighted by Crippen LogP contribution is -2.10. The van der Waals surface area contributed by atoms with Crippen molar-refractivity contribution in [3.8, 4) is 0 Å². The van der Waals surface area contributed by atoms with Crippen molar-refractivity contribution in [2.75, 3.05) is 0 Å². The molecule has 0 amide bonds. The van der Waals surface area contributed by atoms with Crippen LogP contribution in [0.2, 0.25) is 5.02 Å². The predicted octanol–water partition coefficient (Wildman–Crippen LogP) is 4.63. The van der Waals surface area contributed by atoms with Crippen molar-refractivity contribution in [3.05, 3.63) is 34.4 Å². The molecule has 0 heterocycles. The number of carbonyl (C=O) groups is 1. The summed E-state index contributed by atoms with van der Waals surface area (Å²) in [5.74, 6) is -1.93. The van der Waals surface area contributed by atoms with E-state index in [4.69, 9.17) is 11.6 Å². The molecule has 1 rings (SSSR count). The van der Waals surface area contributed by atoms with Crippen molar-refractivity contribution in [2.24, 2.45) is 5.41 Å². The Labute approximate surface area is 105 Å². The number of benzene rings is 1. The third-order valence-electron chi connectivity index (χ3n) is 2.41. The summed E-state index contributed by atoms with van der Waals surface area (Å²) in [6.07, 6.45) is 0.816. The Kier molecular flexibility index (Phi) is 4.26. The van der Waals surface area contributed by atoms with E-state index in [9.17, 15) is 13.6 Å². The van der Waals surface area contributed by atoms with Gasteiger partial charge in [-0.2, -0.15) is 0 Å². The van der Waals surface area contributed by atoms with Crippen LogP contribution in [0.5, 0.6) is 0 Å². The Balaban J connectivity index is 2.86. The van der Waals surface area contributed by atoms with Crippen LogP contribution in [-0.2, 0) is 0 Å². The van der Waals surface area contributed by atoms with E-state index in [0.29, 0.717) is 6.42 Å². The highest BCUT2D eigenvalue weighted by Gasteiger charge is 2.18. The molecule has 0 atom stereocenters. The summed E-state index contributed by atoms with van der Waals surface area (Å²) in [6, 6.07) is 1.70. The van der Waals surface area contributed by atoms with E-state index in [1.807, 2.05) is 20.8 Å². The maximum absolute atomic E-state index is 13.4. The topological polar surface area (TPSA) is 17.1 Å². The number of ketones is 1. The largest absolute Gasteiger partial charge is 0.294 e. The molecule has 0 unspecified atom stereocenters. The minimum absolute atomic E-state index is 0.0168. The average molecular weight is 261 g/mol. The molecule has 0 N–H and O–H groups in total. The molecule has 0 saturated carbocycles. The van der Waals surface area contributed by atoms with Gasteiger partial charge in [-0.05, 0) is 24.0 Å². The third-order valence-corrected chi connectivity index (χ3v) is 2.70. The van der Waals surface area contributed by atoms with Crippen molar-refractivity contribution >= 4 is 17.4 Å². The average Bonchev–Trinajstić information content (AvgIpc) is 2.19. The van der Waals surface area contributed by atoms with Gasteiger partial charge in [0.15, 0.2) is 5.78 Å². The van der Waals surface area contributed by atoms with Gasteiger partial charge in [-0.1, -0.05) is 32.4 Å². The van der Waals surface area contributed by atoms with Gasteiger partial charge in [0.25, 0.3) is 0 Å². The van der Waals surface area contributed by atoms with Crippen LogP contribution in [0, 0.1) is 17.0 Å². The summed E-state index contributed by atoms with van der Waals surface area (Å²) in [7, 11) is 0. The summed E-state index contributed by atoms with van der Waals surface area (Å²) in [5.41, 5.74) is -0.243. The number of hydrogen-bond donors (Lipinski definition) is 0. The highest BCUT2D eigenvalue weighted by Crippen LogP contribution is 2.24. The van der Waals surface area contributed by atoms with Crippen LogP contribution in [0.25, 0.3) is 0 Å². The summed E-state index contributed by atoms with van der Waals surface area (Å²) in [4.78, 5) is 11.7. The molecular formula is C13H15ClF2O. The fraction of sp³-hybridized carbons (Fsp3) is 0.462. The molecule has 0 aliphatic rings. The molecule has 0 spiro atoms. The highest BCUT2D eigenvalue weighted by atomic mass is 35.5. The molecule has 0 saturated heterocycles. The maximum Gasteiger partial charge on any atom is 0.165 e. The van der Waals surface area contributed by atoms with Crippen molar-refractivity contribution in [3.63, 3.8) is 0 Å². The van der Waals surface area contributed by atoms with Crippen LogP contribution in [0.15, 0.2) is 12.1 Å². The van der Waals surface area contributed by atoms with Gasteiger partial charge < -0.3 is 0 Å². The lowest BCUT2D eigenvalue weighted by Gasteiger charge is -2.17. The van der Waals surface area contributed by atoms with Crippen molar-refractivity contribution in [1.82, 2.24) is 0 Å². The molecule has 0 bridgehead atoms. The second-order valence-electron chi connectivity index (χ2n) is 5.23. The first kappa shape index (κ1) is 14.1. The molecule has 0 aliphatic carbocycles. The monoisotopic (exact) mass is 260 g/mol. The van der Waals surface area contributed by atoms with E-state index in [1.54, 1.807) is 0 Å². The quantitative estimate of drug-likeness (QED) is 0.572. The van der Waals surface area contributed by atoms with Crippen LogP contribution in [0.3, 0.4) is 0 Å². The zero-order chi connectivity index (χ0) is 13.2. The van der Waals surface area contributed by atoms with Gasteiger partial charge in [0.2, 0.25) is 0 Å². The lowest BCUT2D eigenvalue weighted by atomic mass is 9.88. The fourth-order valence-electron chi connectivity index (χ4n) is 1.36. The summed E-state index contributed by atoms with van der Waals surface area (Å²) in [6.45, 7) is 5.96. The highest BCUT2D eigenvalue weighted by molar-refractivity contribution is 6.30. The molecule has 1 nitrogen and oxygen atoms in total. The predicted molar refractivity (Wildman–Crippen MR) is 64.4 cm³/mol. The smallest absolute Gasteiger partial charge is 0.165 e. The molecule has 1 aromatic rings. The molecule has 94 valence electrons. The van der Waals surface area contributed by atoms with E-state index in [1.165, 1.54) is 0 Å². The summed E-state index contributed by atoms with van der Waals surface area (Å²) < 4.78 is 26.6. The van der Waals surface area contributed by atoms with E-state index in [-0.39, 0.29) is 22.4 Å². The Hall–Kier alpha value is -0.960. The van der Waals surface area contributed by atoms with Crippen LogP contribution in [-0.4, -0.2) is 5.78 Å². The van der Waals surface area contributed by atoms with Crippen LogP contribution in [0.4, 0.5) is 8.78 Å². The second-order valence-corrected chi connectivity index (χ2v) is 5.64. The number of carbonyl (C=O) groups excluding carboxylic acids is 1. The molecule has 0 fully saturated rings. The van der Waals surface area contributed by atoms with Gasteiger partial charge in [0, 0.05) is 6.42 Å². The first-order valence-electron chi connectivity index (χ1n) is 5.38. The first-order valence-corrected chi connectivity index (χ1v) is 5.76. The van der Waals surface area contributed by atoms with E-state index in [2.05, 4.69) is 0 Å². The zero-order valence-corrected chi connectivity index (χ0v) is 10.9. The lowest BCUT2D eigenvalue weighted by molar-refractivity contribution is 0.0961. The Morgan fingerprint density at radius 2 is 1.82 bits per heavy atom. The van der Waals surface area contributed by atoms with Crippen molar-refractivity contribution in [2.45, 2.75) is 33.6 Å². The molecule has 0 radical (unpaired) electrons. The van der Waals surface area contributed by atoms with E-state index in [0.717, 1.165) is 12.1 Å². The fourth-order valence-corrected chi connectivity index (χ4v) is 1.51. The first-order chi connectivity index (χ1) is 7.70. The summed E-state index contributed by atoms with van der Waals surface area (Å²) >= 11 is 5.41. The molecule has 1 aromatic carbocycles. The van der Waals surface area contributed by atoms with Crippen molar-refractivity contribution < 1.29 is 13.6 Å². The van der Waals surface area contributed by atoms with Gasteiger partial charge in [0.1, 0.15) is 11.6 Å². The van der Waals surface area contributed by atoms with Gasteiger partial charge in [-0.3, -0.25) is 4.79 Å². The zero-order valence-electron chi connectivity index (χ0n) is 10.1. The normalized spacial score (nSPS) is 11.6. The van der Waals surface area contributed by atoms with E-state index < -0.39 is 17.4 Å². The molecule has 17 heavy (non-hydrogen) atoms. The van der Waals surface area contributed by atoms with Gasteiger partial charge >= 0.3 is 0 Å². The number of rotatable bonds is 3.